The zero-order valence-electron chi connectivity index (χ0n) is 11.8. The standard InChI is InChI=1S/C16H15NO4/c1-3-20-16(19)14-8-5-9-17-15(14)21-13-7-4-6-12(10-13)11(2)18/h4-10H,3H2,1-2H3. The maximum atomic E-state index is 11.8. The van der Waals surface area contributed by atoms with Gasteiger partial charge in [-0.25, -0.2) is 9.78 Å². The van der Waals surface area contributed by atoms with E-state index in [-0.39, 0.29) is 23.8 Å². The van der Waals surface area contributed by atoms with Gasteiger partial charge in [-0.15, -0.1) is 0 Å². The Kier molecular flexibility index (Phi) is 4.66. The lowest BCUT2D eigenvalue weighted by atomic mass is 10.1. The van der Waals surface area contributed by atoms with Crippen LogP contribution in [0.15, 0.2) is 42.6 Å². The Labute approximate surface area is 122 Å². The predicted octanol–water partition coefficient (Wildman–Crippen LogP) is 3.25. The number of ether oxygens (including phenoxy) is 2. The normalized spacial score (nSPS) is 10.0. The summed E-state index contributed by atoms with van der Waals surface area (Å²) >= 11 is 0. The molecular formula is C16H15NO4. The van der Waals surface area contributed by atoms with Crippen LogP contribution in [0.25, 0.3) is 0 Å². The van der Waals surface area contributed by atoms with E-state index >= 15 is 0 Å². The smallest absolute Gasteiger partial charge is 0.343 e. The number of nitrogens with zero attached hydrogens (tertiary/aromatic N) is 1. The van der Waals surface area contributed by atoms with Crippen molar-refractivity contribution in [3.8, 4) is 11.6 Å². The Morgan fingerprint density at radius 1 is 1.19 bits per heavy atom. The molecule has 1 aromatic carbocycles. The average molecular weight is 285 g/mol. The molecule has 0 aliphatic rings. The van der Waals surface area contributed by atoms with Crippen molar-refractivity contribution in [1.29, 1.82) is 0 Å². The zero-order valence-corrected chi connectivity index (χ0v) is 11.8. The molecule has 5 nitrogen and oxygen atoms in total. The number of aromatic nitrogens is 1. The van der Waals surface area contributed by atoms with Gasteiger partial charge in [0.15, 0.2) is 5.78 Å². The molecule has 0 spiro atoms. The first-order chi connectivity index (χ1) is 10.1. The summed E-state index contributed by atoms with van der Waals surface area (Å²) in [5.74, 6) is 0.0269. The Bertz CT molecular complexity index is 667. The van der Waals surface area contributed by atoms with Crippen molar-refractivity contribution >= 4 is 11.8 Å². The number of hydrogen-bond acceptors (Lipinski definition) is 5. The van der Waals surface area contributed by atoms with E-state index in [2.05, 4.69) is 4.98 Å². The van der Waals surface area contributed by atoms with Gasteiger partial charge in [0.05, 0.1) is 6.61 Å². The van der Waals surface area contributed by atoms with Gasteiger partial charge in [-0.05, 0) is 38.1 Å². The molecule has 0 unspecified atom stereocenters. The van der Waals surface area contributed by atoms with Crippen LogP contribution < -0.4 is 4.74 Å². The number of esters is 1. The van der Waals surface area contributed by atoms with Crippen LogP contribution in [-0.2, 0) is 4.74 Å². The van der Waals surface area contributed by atoms with Crippen LogP contribution in [-0.4, -0.2) is 23.3 Å². The SMILES string of the molecule is CCOC(=O)c1cccnc1Oc1cccc(C(C)=O)c1. The second-order valence-electron chi connectivity index (χ2n) is 4.26. The molecule has 2 aromatic rings. The van der Waals surface area contributed by atoms with Crippen LogP contribution in [0.1, 0.15) is 34.6 Å². The molecule has 0 N–H and O–H groups in total. The van der Waals surface area contributed by atoms with Crippen LogP contribution >= 0.6 is 0 Å². The molecule has 108 valence electrons. The molecule has 1 aromatic heterocycles. The Balaban J connectivity index is 2.29. The first-order valence-electron chi connectivity index (χ1n) is 6.52. The topological polar surface area (TPSA) is 65.5 Å². The van der Waals surface area contributed by atoms with Gasteiger partial charge in [0.1, 0.15) is 11.3 Å². The average Bonchev–Trinajstić information content (AvgIpc) is 2.48. The predicted molar refractivity (Wildman–Crippen MR) is 76.7 cm³/mol. The molecule has 0 amide bonds. The summed E-state index contributed by atoms with van der Waals surface area (Å²) in [4.78, 5) is 27.2. The fourth-order valence-electron chi connectivity index (χ4n) is 1.73. The maximum absolute atomic E-state index is 11.8. The lowest BCUT2D eigenvalue weighted by Crippen LogP contribution is -2.07. The molecule has 21 heavy (non-hydrogen) atoms. The fourth-order valence-corrected chi connectivity index (χ4v) is 1.73. The van der Waals surface area contributed by atoms with Crippen LogP contribution in [0.3, 0.4) is 0 Å². The summed E-state index contributed by atoms with van der Waals surface area (Å²) in [6.45, 7) is 3.47. The molecule has 0 aliphatic carbocycles. The van der Waals surface area contributed by atoms with Gasteiger partial charge in [-0.2, -0.15) is 0 Å². The van der Waals surface area contributed by atoms with Crippen molar-refractivity contribution in [2.75, 3.05) is 6.61 Å². The van der Waals surface area contributed by atoms with Gasteiger partial charge in [0, 0.05) is 11.8 Å². The molecule has 0 fully saturated rings. The fraction of sp³-hybridized carbons (Fsp3) is 0.188. The maximum Gasteiger partial charge on any atom is 0.343 e. The molecule has 0 saturated carbocycles. The van der Waals surface area contributed by atoms with E-state index in [1.807, 2.05) is 0 Å². The molecule has 2 rings (SSSR count). The van der Waals surface area contributed by atoms with Crippen molar-refractivity contribution in [2.24, 2.45) is 0 Å². The van der Waals surface area contributed by atoms with Gasteiger partial charge in [-0.1, -0.05) is 12.1 Å². The highest BCUT2D eigenvalue weighted by Crippen LogP contribution is 2.24. The minimum atomic E-state index is -0.497. The quantitative estimate of drug-likeness (QED) is 0.623. The molecule has 0 saturated heterocycles. The lowest BCUT2D eigenvalue weighted by Gasteiger charge is -2.09. The van der Waals surface area contributed by atoms with E-state index in [0.29, 0.717) is 11.3 Å². The van der Waals surface area contributed by atoms with Gasteiger partial charge >= 0.3 is 5.97 Å². The summed E-state index contributed by atoms with van der Waals surface area (Å²) in [6.07, 6.45) is 1.52. The summed E-state index contributed by atoms with van der Waals surface area (Å²) in [7, 11) is 0. The number of carbonyl (C=O) groups is 2. The van der Waals surface area contributed by atoms with Crippen molar-refractivity contribution in [2.45, 2.75) is 13.8 Å². The van der Waals surface area contributed by atoms with E-state index in [1.54, 1.807) is 43.3 Å². The number of pyridine rings is 1. The lowest BCUT2D eigenvalue weighted by molar-refractivity contribution is 0.0522. The molecule has 1 heterocycles. The first kappa shape index (κ1) is 14.7. The van der Waals surface area contributed by atoms with E-state index in [1.165, 1.54) is 13.1 Å². The Hall–Kier alpha value is -2.69. The van der Waals surface area contributed by atoms with E-state index < -0.39 is 5.97 Å². The first-order valence-corrected chi connectivity index (χ1v) is 6.52. The number of Topliss-reactive ketones (excluding diaryl/α,β-unsaturated/α-hetero) is 1. The van der Waals surface area contributed by atoms with E-state index in [4.69, 9.17) is 9.47 Å². The number of rotatable bonds is 5. The third-order valence-corrected chi connectivity index (χ3v) is 2.72. The van der Waals surface area contributed by atoms with Crippen molar-refractivity contribution in [3.05, 3.63) is 53.7 Å². The van der Waals surface area contributed by atoms with Crippen LogP contribution in [0.2, 0.25) is 0 Å². The van der Waals surface area contributed by atoms with Crippen molar-refractivity contribution in [1.82, 2.24) is 4.98 Å². The van der Waals surface area contributed by atoms with Crippen molar-refractivity contribution < 1.29 is 19.1 Å². The summed E-state index contributed by atoms with van der Waals surface area (Å²) < 4.78 is 10.6. The molecule has 0 atom stereocenters. The molecule has 5 heteroatoms. The van der Waals surface area contributed by atoms with Gasteiger partial charge in [0.25, 0.3) is 0 Å². The molecular weight excluding hydrogens is 270 g/mol. The molecule has 0 radical (unpaired) electrons. The minimum Gasteiger partial charge on any atom is -0.462 e. The van der Waals surface area contributed by atoms with Gasteiger partial charge in [0.2, 0.25) is 5.88 Å². The van der Waals surface area contributed by atoms with Gasteiger partial charge in [-0.3, -0.25) is 4.79 Å². The Morgan fingerprint density at radius 3 is 2.71 bits per heavy atom. The van der Waals surface area contributed by atoms with Crippen LogP contribution in [0.5, 0.6) is 11.6 Å². The van der Waals surface area contributed by atoms with E-state index in [0.717, 1.165) is 0 Å². The zero-order chi connectivity index (χ0) is 15.2. The van der Waals surface area contributed by atoms with Gasteiger partial charge < -0.3 is 9.47 Å². The molecule has 0 bridgehead atoms. The second-order valence-corrected chi connectivity index (χ2v) is 4.26. The Morgan fingerprint density at radius 2 is 2.00 bits per heavy atom. The summed E-state index contributed by atoms with van der Waals surface area (Å²) in [5, 5.41) is 0. The number of hydrogen-bond donors (Lipinski definition) is 0. The third kappa shape index (κ3) is 3.66. The monoisotopic (exact) mass is 285 g/mol. The number of carbonyl (C=O) groups excluding carboxylic acids is 2. The highest BCUT2D eigenvalue weighted by molar-refractivity contribution is 5.94. The molecule has 0 aliphatic heterocycles. The van der Waals surface area contributed by atoms with Crippen LogP contribution in [0, 0.1) is 0 Å². The summed E-state index contributed by atoms with van der Waals surface area (Å²) in [5.41, 5.74) is 0.772. The highest BCUT2D eigenvalue weighted by atomic mass is 16.5. The van der Waals surface area contributed by atoms with Crippen molar-refractivity contribution in [3.63, 3.8) is 0 Å². The van der Waals surface area contributed by atoms with Crippen LogP contribution in [0.4, 0.5) is 0 Å². The third-order valence-electron chi connectivity index (χ3n) is 2.72. The minimum absolute atomic E-state index is 0.0629. The largest absolute Gasteiger partial charge is 0.462 e. The van der Waals surface area contributed by atoms with E-state index in [9.17, 15) is 9.59 Å². The highest BCUT2D eigenvalue weighted by Gasteiger charge is 2.15. The number of ketones is 1. The summed E-state index contributed by atoms with van der Waals surface area (Å²) in [6, 6.07) is 9.90. The number of benzene rings is 1. The second kappa shape index (κ2) is 6.65.